The molecule has 0 unspecified atom stereocenters. The average molecular weight is 608 g/mol. The topological polar surface area (TPSA) is 39.9 Å². The summed E-state index contributed by atoms with van der Waals surface area (Å²) < 4.78 is 8.77. The van der Waals surface area contributed by atoms with Crippen LogP contribution in [0.15, 0.2) is 164 Å². The van der Waals surface area contributed by atoms with Crippen LogP contribution in [0.25, 0.3) is 50.0 Å². The first-order valence-corrected chi connectivity index (χ1v) is 15.9. The minimum absolute atomic E-state index is 0.203. The molecule has 0 atom stereocenters. The van der Waals surface area contributed by atoms with Crippen LogP contribution in [0.5, 0.6) is 11.5 Å². The summed E-state index contributed by atoms with van der Waals surface area (Å²) in [4.78, 5) is 9.46. The van der Waals surface area contributed by atoms with E-state index in [0.29, 0.717) is 0 Å². The predicted octanol–water partition coefficient (Wildman–Crippen LogP) is 11.0. The van der Waals surface area contributed by atoms with E-state index in [4.69, 9.17) is 9.72 Å². The van der Waals surface area contributed by atoms with Crippen LogP contribution in [0, 0.1) is 0 Å². The number of nitrogens with zero attached hydrogens (tertiary/aromatic N) is 3. The molecule has 0 saturated carbocycles. The number of rotatable bonds is 7. The lowest BCUT2D eigenvalue weighted by atomic mass is 9.78. The molecule has 0 radical (unpaired) electrons. The molecule has 8 aromatic rings. The zero-order valence-corrected chi connectivity index (χ0v) is 26.3. The molecule has 47 heavy (non-hydrogen) atoms. The third-order valence-corrected chi connectivity index (χ3v) is 9.07. The predicted molar refractivity (Wildman–Crippen MR) is 192 cm³/mol. The summed E-state index contributed by atoms with van der Waals surface area (Å²) in [6.07, 6.45) is 3.73. The first-order chi connectivity index (χ1) is 23.0. The molecule has 0 aliphatic carbocycles. The maximum Gasteiger partial charge on any atom is 0.137 e. The molecule has 0 N–H and O–H groups in total. The van der Waals surface area contributed by atoms with Gasteiger partial charge in [-0.05, 0) is 82.9 Å². The van der Waals surface area contributed by atoms with E-state index in [1.54, 1.807) is 0 Å². The zero-order chi connectivity index (χ0) is 31.8. The van der Waals surface area contributed by atoms with Crippen molar-refractivity contribution in [3.8, 4) is 39.7 Å². The highest BCUT2D eigenvalue weighted by Crippen LogP contribution is 2.39. The number of fused-ring (bicyclic) bond motifs is 3. The molecule has 0 aliphatic heterocycles. The van der Waals surface area contributed by atoms with Gasteiger partial charge in [-0.3, -0.25) is 9.55 Å². The van der Waals surface area contributed by atoms with Gasteiger partial charge in [0.25, 0.3) is 0 Å². The van der Waals surface area contributed by atoms with Gasteiger partial charge >= 0.3 is 0 Å². The first-order valence-electron chi connectivity index (χ1n) is 15.9. The van der Waals surface area contributed by atoms with E-state index >= 15 is 0 Å². The summed E-state index contributed by atoms with van der Waals surface area (Å²) in [5, 5.41) is 2.31. The highest BCUT2D eigenvalue weighted by molar-refractivity contribution is 6.10. The van der Waals surface area contributed by atoms with Gasteiger partial charge in [0.1, 0.15) is 17.3 Å². The number of hydrogen-bond donors (Lipinski definition) is 0. The van der Waals surface area contributed by atoms with Gasteiger partial charge in [-0.25, -0.2) is 4.98 Å². The molecule has 4 heteroatoms. The van der Waals surface area contributed by atoms with Crippen molar-refractivity contribution in [1.82, 2.24) is 14.5 Å². The van der Waals surface area contributed by atoms with Crippen LogP contribution in [0.1, 0.15) is 25.0 Å². The van der Waals surface area contributed by atoms with Gasteiger partial charge in [-0.2, -0.15) is 0 Å². The Morgan fingerprint density at radius 2 is 1.26 bits per heavy atom. The van der Waals surface area contributed by atoms with Crippen molar-refractivity contribution in [3.05, 3.63) is 175 Å². The molecule has 0 saturated heterocycles. The van der Waals surface area contributed by atoms with E-state index in [2.05, 4.69) is 139 Å². The van der Waals surface area contributed by atoms with Gasteiger partial charge in [0.05, 0.1) is 16.7 Å². The van der Waals surface area contributed by atoms with Crippen molar-refractivity contribution in [2.45, 2.75) is 19.3 Å². The van der Waals surface area contributed by atoms with Crippen LogP contribution in [0.2, 0.25) is 0 Å². The molecule has 0 aliphatic rings. The molecule has 4 nitrogen and oxygen atoms in total. The SMILES string of the molecule is CC(C)(c1ccccc1)c1ccnc(-n2c3ccc(-c4ccccc4)cc3c3ccc(Oc4cccc(-c5ccccn5)c4)cc32)c1. The number of aromatic nitrogens is 3. The van der Waals surface area contributed by atoms with Gasteiger partial charge in [0, 0.05) is 40.2 Å². The fourth-order valence-corrected chi connectivity index (χ4v) is 6.46. The number of hydrogen-bond acceptors (Lipinski definition) is 3. The molecular formula is C43H33N3O. The second-order valence-corrected chi connectivity index (χ2v) is 12.4. The Hall–Kier alpha value is -6.00. The molecule has 226 valence electrons. The highest BCUT2D eigenvalue weighted by atomic mass is 16.5. The van der Waals surface area contributed by atoms with Gasteiger partial charge in [0.15, 0.2) is 0 Å². The molecule has 0 spiro atoms. The summed E-state index contributed by atoms with van der Waals surface area (Å²) in [6.45, 7) is 4.54. The quantitative estimate of drug-likeness (QED) is 0.181. The Morgan fingerprint density at radius 3 is 2.06 bits per heavy atom. The fraction of sp³-hybridized carbons (Fsp3) is 0.0698. The smallest absolute Gasteiger partial charge is 0.137 e. The molecule has 3 aromatic heterocycles. The first kappa shape index (κ1) is 28.5. The normalized spacial score (nSPS) is 11.6. The van der Waals surface area contributed by atoms with Crippen molar-refractivity contribution >= 4 is 21.8 Å². The Morgan fingerprint density at radius 1 is 0.489 bits per heavy atom. The third kappa shape index (κ3) is 5.34. The van der Waals surface area contributed by atoms with E-state index in [1.165, 1.54) is 27.6 Å². The minimum Gasteiger partial charge on any atom is -0.457 e. The van der Waals surface area contributed by atoms with Crippen molar-refractivity contribution in [2.75, 3.05) is 0 Å². The molecule has 0 amide bonds. The van der Waals surface area contributed by atoms with Crippen LogP contribution < -0.4 is 4.74 Å². The largest absolute Gasteiger partial charge is 0.457 e. The zero-order valence-electron chi connectivity index (χ0n) is 26.3. The Kier molecular flexibility index (Phi) is 7.11. The molecule has 0 bridgehead atoms. The summed E-state index contributed by atoms with van der Waals surface area (Å²) in [7, 11) is 0. The molecule has 5 aromatic carbocycles. The minimum atomic E-state index is -0.203. The number of benzene rings is 5. The van der Waals surface area contributed by atoms with E-state index in [-0.39, 0.29) is 5.41 Å². The van der Waals surface area contributed by atoms with Crippen molar-refractivity contribution in [2.24, 2.45) is 0 Å². The Balaban J connectivity index is 1.28. The van der Waals surface area contributed by atoms with Crippen LogP contribution in [0.3, 0.4) is 0 Å². The summed E-state index contributed by atoms with van der Waals surface area (Å²) in [5.74, 6) is 2.38. The van der Waals surface area contributed by atoms with Gasteiger partial charge in [0.2, 0.25) is 0 Å². The summed E-state index contributed by atoms with van der Waals surface area (Å²) in [5.41, 5.74) is 8.66. The lowest BCUT2D eigenvalue weighted by Gasteiger charge is -2.26. The number of pyridine rings is 2. The monoisotopic (exact) mass is 607 g/mol. The average Bonchev–Trinajstić information content (AvgIpc) is 3.46. The Bertz CT molecular complexity index is 2340. The van der Waals surface area contributed by atoms with E-state index in [9.17, 15) is 0 Å². The fourth-order valence-electron chi connectivity index (χ4n) is 6.46. The number of ether oxygens (including phenoxy) is 1. The van der Waals surface area contributed by atoms with E-state index in [1.807, 2.05) is 48.8 Å². The molecular weight excluding hydrogens is 574 g/mol. The van der Waals surface area contributed by atoms with E-state index < -0.39 is 0 Å². The van der Waals surface area contributed by atoms with E-state index in [0.717, 1.165) is 45.0 Å². The Labute approximate surface area is 274 Å². The summed E-state index contributed by atoms with van der Waals surface area (Å²) in [6, 6.07) is 52.6. The highest BCUT2D eigenvalue weighted by Gasteiger charge is 2.24. The van der Waals surface area contributed by atoms with Crippen LogP contribution in [0.4, 0.5) is 0 Å². The van der Waals surface area contributed by atoms with Crippen LogP contribution in [-0.2, 0) is 5.41 Å². The molecule has 3 heterocycles. The summed E-state index contributed by atoms with van der Waals surface area (Å²) >= 11 is 0. The van der Waals surface area contributed by atoms with Crippen molar-refractivity contribution in [1.29, 1.82) is 0 Å². The van der Waals surface area contributed by atoms with Crippen molar-refractivity contribution < 1.29 is 4.74 Å². The molecule has 8 rings (SSSR count). The maximum atomic E-state index is 6.50. The lowest BCUT2D eigenvalue weighted by molar-refractivity contribution is 0.483. The second kappa shape index (κ2) is 11.7. The van der Waals surface area contributed by atoms with Crippen LogP contribution >= 0.6 is 0 Å². The third-order valence-electron chi connectivity index (χ3n) is 9.07. The van der Waals surface area contributed by atoms with Crippen molar-refractivity contribution in [3.63, 3.8) is 0 Å². The maximum absolute atomic E-state index is 6.50. The standard InChI is InChI=1S/C43H33N3O/c1-43(2,33-15-7-4-8-16-33)34-23-25-45-42(28-34)46-40-22-19-31(30-12-5-3-6-13-30)27-38(40)37-21-20-36(29-41(37)46)47-35-17-11-14-32(26-35)39-18-9-10-24-44-39/h3-29H,1-2H3. The lowest BCUT2D eigenvalue weighted by Crippen LogP contribution is -2.19. The van der Waals surface area contributed by atoms with Gasteiger partial charge < -0.3 is 4.74 Å². The van der Waals surface area contributed by atoms with Gasteiger partial charge in [-0.1, -0.05) is 98.8 Å². The van der Waals surface area contributed by atoms with Crippen LogP contribution in [-0.4, -0.2) is 14.5 Å². The molecule has 0 fully saturated rings. The van der Waals surface area contributed by atoms with Gasteiger partial charge in [-0.15, -0.1) is 0 Å². The second-order valence-electron chi connectivity index (χ2n) is 12.4.